The van der Waals surface area contributed by atoms with E-state index in [9.17, 15) is 9.90 Å². The summed E-state index contributed by atoms with van der Waals surface area (Å²) in [5, 5.41) is 13.4. The van der Waals surface area contributed by atoms with Crippen LogP contribution in [0.25, 0.3) is 0 Å². The lowest BCUT2D eigenvalue weighted by molar-refractivity contribution is -0.142. The maximum absolute atomic E-state index is 12.2. The highest BCUT2D eigenvalue weighted by Gasteiger charge is 2.37. The van der Waals surface area contributed by atoms with Crippen LogP contribution in [-0.2, 0) is 9.53 Å². The molecule has 0 aliphatic heterocycles. The molecule has 0 bridgehead atoms. The van der Waals surface area contributed by atoms with Gasteiger partial charge in [0, 0.05) is 7.11 Å². The van der Waals surface area contributed by atoms with E-state index in [-0.39, 0.29) is 18.1 Å². The first kappa shape index (κ1) is 16.8. The molecule has 5 heteroatoms. The quantitative estimate of drug-likeness (QED) is 0.872. The van der Waals surface area contributed by atoms with Gasteiger partial charge in [-0.25, -0.2) is 0 Å². The number of hydrogen-bond acceptors (Lipinski definition) is 4. The highest BCUT2D eigenvalue weighted by atomic mass is 16.5. The van der Waals surface area contributed by atoms with Crippen LogP contribution >= 0.6 is 0 Å². The van der Waals surface area contributed by atoms with Crippen molar-refractivity contribution in [3.05, 3.63) is 30.3 Å². The number of ether oxygens (including phenoxy) is 2. The number of hydrogen-bond donors (Lipinski definition) is 2. The third-order valence-electron chi connectivity index (χ3n) is 4.20. The first-order chi connectivity index (χ1) is 10.4. The number of aliphatic hydroxyl groups excluding tert-OH is 1. The topological polar surface area (TPSA) is 67.8 Å². The van der Waals surface area contributed by atoms with E-state index >= 15 is 0 Å². The number of para-hydroxylation sites is 1. The second-order valence-corrected chi connectivity index (χ2v) is 6.19. The number of nitrogens with one attached hydrogen (secondary N) is 1. The summed E-state index contributed by atoms with van der Waals surface area (Å²) in [5.74, 6) is 0.509. The van der Waals surface area contributed by atoms with E-state index in [0.29, 0.717) is 0 Å². The van der Waals surface area contributed by atoms with Crippen molar-refractivity contribution in [1.82, 2.24) is 5.32 Å². The molecule has 0 saturated heterocycles. The fourth-order valence-electron chi connectivity index (χ4n) is 2.53. The summed E-state index contributed by atoms with van der Waals surface area (Å²) >= 11 is 0. The van der Waals surface area contributed by atoms with Crippen LogP contribution in [0.4, 0.5) is 0 Å². The average Bonchev–Trinajstić information content (AvgIpc) is 2.52. The maximum atomic E-state index is 12.2. The Labute approximate surface area is 131 Å². The smallest absolute Gasteiger partial charge is 0.251 e. The zero-order valence-corrected chi connectivity index (χ0v) is 13.4. The van der Waals surface area contributed by atoms with Crippen molar-refractivity contribution in [3.8, 4) is 5.75 Å². The molecular formula is C17H25NO4. The molecule has 0 spiro atoms. The Morgan fingerprint density at radius 2 is 1.95 bits per heavy atom. The van der Waals surface area contributed by atoms with Gasteiger partial charge in [-0.15, -0.1) is 0 Å². The molecule has 1 fully saturated rings. The normalized spacial score (nSPS) is 25.5. The van der Waals surface area contributed by atoms with Gasteiger partial charge in [-0.2, -0.15) is 0 Å². The Morgan fingerprint density at radius 1 is 1.27 bits per heavy atom. The van der Waals surface area contributed by atoms with E-state index < -0.39 is 11.7 Å². The molecule has 1 aromatic carbocycles. The van der Waals surface area contributed by atoms with E-state index in [2.05, 4.69) is 5.32 Å². The Hall–Kier alpha value is -1.59. The van der Waals surface area contributed by atoms with Crippen molar-refractivity contribution in [2.75, 3.05) is 7.11 Å². The largest absolute Gasteiger partial charge is 0.488 e. The summed E-state index contributed by atoms with van der Waals surface area (Å²) in [7, 11) is 1.50. The number of benzene rings is 1. The monoisotopic (exact) mass is 307 g/mol. The van der Waals surface area contributed by atoms with Gasteiger partial charge in [-0.05, 0) is 45.2 Å². The molecular weight excluding hydrogens is 282 g/mol. The van der Waals surface area contributed by atoms with Crippen LogP contribution in [0, 0.1) is 0 Å². The number of rotatable bonds is 5. The Balaban J connectivity index is 1.98. The molecule has 22 heavy (non-hydrogen) atoms. The summed E-state index contributed by atoms with van der Waals surface area (Å²) in [4.78, 5) is 12.2. The highest BCUT2D eigenvalue weighted by Crippen LogP contribution is 2.25. The number of aliphatic hydroxyl groups is 1. The zero-order chi connectivity index (χ0) is 16.2. The first-order valence-electron chi connectivity index (χ1n) is 7.70. The van der Waals surface area contributed by atoms with Crippen LogP contribution in [0.15, 0.2) is 30.3 Å². The fourth-order valence-corrected chi connectivity index (χ4v) is 2.53. The molecule has 1 aromatic rings. The number of methoxy groups -OCH3 is 1. The SMILES string of the molecule is COC(C)(C)C(=O)N[C@@H]1CCC[C@@H](Oc2ccccc2)[C@@H]1O. The molecule has 1 amide bonds. The number of carbonyl (C=O) groups excluding carboxylic acids is 1. The molecule has 0 aromatic heterocycles. The fraction of sp³-hybridized carbons (Fsp3) is 0.588. The van der Waals surface area contributed by atoms with E-state index in [1.807, 2.05) is 30.3 Å². The third-order valence-corrected chi connectivity index (χ3v) is 4.20. The second-order valence-electron chi connectivity index (χ2n) is 6.19. The van der Waals surface area contributed by atoms with Crippen molar-refractivity contribution < 1.29 is 19.4 Å². The highest BCUT2D eigenvalue weighted by molar-refractivity contribution is 5.84. The summed E-state index contributed by atoms with van der Waals surface area (Å²) in [6.45, 7) is 3.41. The van der Waals surface area contributed by atoms with Crippen LogP contribution in [0.2, 0.25) is 0 Å². The van der Waals surface area contributed by atoms with Crippen LogP contribution < -0.4 is 10.1 Å². The minimum atomic E-state index is -0.910. The molecule has 2 N–H and O–H groups in total. The van der Waals surface area contributed by atoms with Crippen LogP contribution in [0.5, 0.6) is 5.75 Å². The molecule has 1 aliphatic carbocycles. The summed E-state index contributed by atoms with van der Waals surface area (Å²) in [5.41, 5.74) is -0.910. The van der Waals surface area contributed by atoms with Crippen molar-refractivity contribution in [2.45, 2.75) is 57.0 Å². The van der Waals surface area contributed by atoms with E-state index in [1.165, 1.54) is 7.11 Å². The van der Waals surface area contributed by atoms with Gasteiger partial charge in [0.05, 0.1) is 6.04 Å². The Bertz CT molecular complexity index is 489. The first-order valence-corrected chi connectivity index (χ1v) is 7.70. The van der Waals surface area contributed by atoms with E-state index in [0.717, 1.165) is 25.0 Å². The van der Waals surface area contributed by atoms with Crippen molar-refractivity contribution >= 4 is 5.91 Å². The summed E-state index contributed by atoms with van der Waals surface area (Å²) in [6.07, 6.45) is 1.36. The van der Waals surface area contributed by atoms with E-state index in [1.54, 1.807) is 13.8 Å². The molecule has 0 unspecified atom stereocenters. The minimum Gasteiger partial charge on any atom is -0.488 e. The van der Waals surface area contributed by atoms with Gasteiger partial charge in [0.25, 0.3) is 5.91 Å². The van der Waals surface area contributed by atoms with Gasteiger partial charge in [-0.1, -0.05) is 18.2 Å². The van der Waals surface area contributed by atoms with Gasteiger partial charge in [0.2, 0.25) is 0 Å². The lowest BCUT2D eigenvalue weighted by Crippen LogP contribution is -2.56. The molecule has 5 nitrogen and oxygen atoms in total. The molecule has 0 heterocycles. The second kappa shape index (κ2) is 7.11. The Kier molecular flexibility index (Phi) is 5.42. The van der Waals surface area contributed by atoms with Crippen molar-refractivity contribution in [3.63, 3.8) is 0 Å². The van der Waals surface area contributed by atoms with Gasteiger partial charge < -0.3 is 19.9 Å². The Morgan fingerprint density at radius 3 is 2.59 bits per heavy atom. The number of carbonyl (C=O) groups is 1. The van der Waals surface area contributed by atoms with Crippen LogP contribution in [-0.4, -0.2) is 42.0 Å². The standard InChI is InChI=1S/C17H25NO4/c1-17(2,21-3)16(20)18-13-10-7-11-14(15(13)19)22-12-8-5-4-6-9-12/h4-6,8-9,13-15,19H,7,10-11H2,1-3H3,(H,18,20)/t13-,14-,15-/m1/s1. The summed E-state index contributed by atoms with van der Waals surface area (Å²) in [6, 6.07) is 9.12. The van der Waals surface area contributed by atoms with Crippen LogP contribution in [0.3, 0.4) is 0 Å². The van der Waals surface area contributed by atoms with Gasteiger partial charge in [0.15, 0.2) is 0 Å². The minimum absolute atomic E-state index is 0.223. The molecule has 3 atom stereocenters. The molecule has 1 aliphatic rings. The predicted octanol–water partition coefficient (Wildman–Crippen LogP) is 1.89. The van der Waals surface area contributed by atoms with Gasteiger partial charge >= 0.3 is 0 Å². The van der Waals surface area contributed by atoms with Crippen molar-refractivity contribution in [2.24, 2.45) is 0 Å². The molecule has 1 saturated carbocycles. The van der Waals surface area contributed by atoms with E-state index in [4.69, 9.17) is 9.47 Å². The van der Waals surface area contributed by atoms with Crippen LogP contribution in [0.1, 0.15) is 33.1 Å². The lowest BCUT2D eigenvalue weighted by atomic mass is 9.89. The third kappa shape index (κ3) is 3.99. The lowest BCUT2D eigenvalue weighted by Gasteiger charge is -2.36. The number of amides is 1. The maximum Gasteiger partial charge on any atom is 0.251 e. The average molecular weight is 307 g/mol. The summed E-state index contributed by atoms with van der Waals surface area (Å²) < 4.78 is 11.0. The van der Waals surface area contributed by atoms with Crippen molar-refractivity contribution in [1.29, 1.82) is 0 Å². The predicted molar refractivity (Wildman–Crippen MR) is 83.7 cm³/mol. The van der Waals surface area contributed by atoms with Gasteiger partial charge in [-0.3, -0.25) is 4.79 Å². The molecule has 122 valence electrons. The van der Waals surface area contributed by atoms with Gasteiger partial charge in [0.1, 0.15) is 23.6 Å². The molecule has 0 radical (unpaired) electrons. The zero-order valence-electron chi connectivity index (χ0n) is 13.4. The molecule has 2 rings (SSSR count).